The number of aliphatic carboxylic acids is 1. The van der Waals surface area contributed by atoms with E-state index < -0.39 is 64.6 Å². The van der Waals surface area contributed by atoms with Crippen LogP contribution < -0.4 is 10.2 Å². The first-order valence-electron chi connectivity index (χ1n) is 16.5. The van der Waals surface area contributed by atoms with E-state index >= 15 is 4.79 Å². The van der Waals surface area contributed by atoms with Crippen LogP contribution in [0.3, 0.4) is 0 Å². The second kappa shape index (κ2) is 12.6. The van der Waals surface area contributed by atoms with Gasteiger partial charge in [-0.2, -0.15) is 5.01 Å². The number of amides is 4. The summed E-state index contributed by atoms with van der Waals surface area (Å²) in [5.74, 6) is -5.86. The van der Waals surface area contributed by atoms with Crippen LogP contribution in [0, 0.1) is 30.6 Å². The van der Waals surface area contributed by atoms with Gasteiger partial charge in [0, 0.05) is 12.5 Å². The molecule has 7 rings (SSSR count). The molecular weight excluding hydrogens is 626 g/mol. The van der Waals surface area contributed by atoms with E-state index in [1.54, 1.807) is 24.3 Å². The molecule has 2 aliphatic carbocycles. The van der Waals surface area contributed by atoms with Gasteiger partial charge in [0.2, 0.25) is 11.8 Å². The zero-order chi connectivity index (χ0) is 34.4. The van der Waals surface area contributed by atoms with Gasteiger partial charge in [0.15, 0.2) is 0 Å². The Morgan fingerprint density at radius 3 is 2.31 bits per heavy atom. The largest absolute Gasteiger partial charge is 0.491 e. The van der Waals surface area contributed by atoms with Gasteiger partial charge in [-0.1, -0.05) is 71.8 Å². The van der Waals surface area contributed by atoms with Crippen LogP contribution >= 0.6 is 0 Å². The number of aliphatic hydroxyl groups is 1. The van der Waals surface area contributed by atoms with Crippen molar-refractivity contribution in [1.29, 1.82) is 0 Å². The molecule has 3 aromatic carbocycles. The van der Waals surface area contributed by atoms with Gasteiger partial charge in [0.1, 0.15) is 12.4 Å². The molecule has 3 aromatic rings. The molecule has 2 aliphatic heterocycles. The number of carboxylic acid groups (broad SMARTS) is 1. The molecule has 3 N–H and O–H groups in total. The lowest BCUT2D eigenvalue weighted by Crippen LogP contribution is -2.53. The number of nitrogens with zero attached hydrogens (tertiary/aromatic N) is 2. The minimum absolute atomic E-state index is 0.107. The molecule has 4 aliphatic rings. The highest BCUT2D eigenvalue weighted by atomic mass is 16.5. The second-order valence-electron chi connectivity index (χ2n) is 13.2. The van der Waals surface area contributed by atoms with Crippen LogP contribution in [0.2, 0.25) is 0 Å². The molecule has 0 radical (unpaired) electrons. The highest BCUT2D eigenvalue weighted by molar-refractivity contribution is 6.13. The molecule has 3 fully saturated rings. The lowest BCUT2D eigenvalue weighted by atomic mass is 9.49. The van der Waals surface area contributed by atoms with Crippen molar-refractivity contribution in [3.63, 3.8) is 0 Å². The van der Waals surface area contributed by atoms with Crippen LogP contribution in [0.1, 0.15) is 41.9 Å². The van der Waals surface area contributed by atoms with Gasteiger partial charge in [-0.3, -0.25) is 34.3 Å². The number of carbonyl (C=O) groups excluding carboxylic acids is 4. The molecule has 11 heteroatoms. The van der Waals surface area contributed by atoms with Crippen LogP contribution in [0.15, 0.2) is 90.5 Å². The summed E-state index contributed by atoms with van der Waals surface area (Å²) in [5, 5.41) is 19.7. The van der Waals surface area contributed by atoms with Crippen LogP contribution in [0.25, 0.3) is 0 Å². The third kappa shape index (κ3) is 5.20. The first-order chi connectivity index (χ1) is 23.7. The predicted molar refractivity (Wildman–Crippen MR) is 177 cm³/mol. The van der Waals surface area contributed by atoms with Crippen LogP contribution in [0.5, 0.6) is 5.75 Å². The van der Waals surface area contributed by atoms with Gasteiger partial charge in [-0.15, -0.1) is 0 Å². The first kappa shape index (κ1) is 32.3. The Kier molecular flexibility index (Phi) is 8.32. The number of imide groups is 2. The van der Waals surface area contributed by atoms with Gasteiger partial charge < -0.3 is 14.9 Å². The van der Waals surface area contributed by atoms with E-state index in [9.17, 15) is 29.4 Å². The Balaban J connectivity index is 1.39. The molecule has 6 atom stereocenters. The number of fused-ring (bicyclic) bond motifs is 4. The molecule has 4 amide bonds. The van der Waals surface area contributed by atoms with Gasteiger partial charge in [0.25, 0.3) is 11.8 Å². The standard InChI is InChI=1S/C38H37N3O8/c1-22-7-11-25(12-8-22)39-41-35(46)30-21-29-27(15-16-28-32(29)36(47)40(34(28)45)18-17-31(43)44)33(23-9-13-26(14-10-23)49-20-19-42)38(30,37(41)48)24-5-3-2-4-6-24/h2-15,28-30,32-33,39,42H,16-21H2,1H3,(H,43,44). The summed E-state index contributed by atoms with van der Waals surface area (Å²) in [6.07, 6.45) is 2.01. The summed E-state index contributed by atoms with van der Waals surface area (Å²) < 4.78 is 5.63. The van der Waals surface area contributed by atoms with Crippen LogP contribution in [0.4, 0.5) is 5.69 Å². The predicted octanol–water partition coefficient (Wildman–Crippen LogP) is 3.83. The lowest BCUT2D eigenvalue weighted by Gasteiger charge is -2.50. The van der Waals surface area contributed by atoms with Gasteiger partial charge in [0.05, 0.1) is 41.9 Å². The number of hydrazine groups is 1. The Hall–Kier alpha value is -5.29. The van der Waals surface area contributed by atoms with Crippen molar-refractivity contribution in [1.82, 2.24) is 9.91 Å². The fourth-order valence-electron chi connectivity index (χ4n) is 8.54. The van der Waals surface area contributed by atoms with Crippen LogP contribution in [-0.2, 0) is 29.4 Å². The Morgan fingerprint density at radius 1 is 0.918 bits per heavy atom. The maximum Gasteiger partial charge on any atom is 0.305 e. The number of aryl methyl sites for hydroxylation is 1. The number of carboxylic acids is 1. The van der Waals surface area contributed by atoms with Gasteiger partial charge in [-0.05, 0) is 61.1 Å². The van der Waals surface area contributed by atoms with Crippen molar-refractivity contribution >= 4 is 35.3 Å². The van der Waals surface area contributed by atoms with E-state index in [0.29, 0.717) is 17.0 Å². The molecule has 0 aromatic heterocycles. The number of aliphatic hydroxyl groups excluding tert-OH is 1. The van der Waals surface area contributed by atoms with Crippen molar-refractivity contribution in [2.75, 3.05) is 25.2 Å². The third-order valence-electron chi connectivity index (χ3n) is 10.6. The van der Waals surface area contributed by atoms with Crippen molar-refractivity contribution < 1.29 is 38.9 Å². The average Bonchev–Trinajstić information content (AvgIpc) is 3.48. The monoisotopic (exact) mass is 663 g/mol. The Labute approximate surface area is 283 Å². The maximum atomic E-state index is 15.1. The minimum Gasteiger partial charge on any atom is -0.491 e. The summed E-state index contributed by atoms with van der Waals surface area (Å²) in [4.78, 5) is 69.8. The quantitative estimate of drug-likeness (QED) is 0.217. The molecule has 2 heterocycles. The molecule has 252 valence electrons. The minimum atomic E-state index is -1.40. The van der Waals surface area contributed by atoms with E-state index in [1.807, 2.05) is 67.6 Å². The SMILES string of the molecule is Cc1ccc(NN2C(=O)C3CC4C(=CCC5C(=O)N(CCC(=O)O)C(=O)C54)C(c4ccc(OCCO)cc4)C3(c3ccccc3)C2=O)cc1. The van der Waals surface area contributed by atoms with Crippen molar-refractivity contribution in [2.45, 2.75) is 37.5 Å². The third-order valence-corrected chi connectivity index (χ3v) is 10.6. The highest BCUT2D eigenvalue weighted by Gasteiger charge is 2.70. The number of anilines is 1. The average molecular weight is 664 g/mol. The number of nitrogens with one attached hydrogen (secondary N) is 1. The number of ether oxygens (including phenoxy) is 1. The number of benzene rings is 3. The summed E-state index contributed by atoms with van der Waals surface area (Å²) in [5.41, 5.74) is 5.48. The Morgan fingerprint density at radius 2 is 1.63 bits per heavy atom. The Bertz CT molecular complexity index is 1840. The molecule has 2 saturated heterocycles. The summed E-state index contributed by atoms with van der Waals surface area (Å²) in [7, 11) is 0. The summed E-state index contributed by atoms with van der Waals surface area (Å²) in [6.45, 7) is 1.68. The van der Waals surface area contributed by atoms with Crippen LogP contribution in [-0.4, -0.2) is 69.5 Å². The van der Waals surface area contributed by atoms with E-state index in [4.69, 9.17) is 4.74 Å². The molecular formula is C38H37N3O8. The van der Waals surface area contributed by atoms with Crippen molar-refractivity contribution in [3.05, 3.63) is 107 Å². The van der Waals surface area contributed by atoms with E-state index in [0.717, 1.165) is 26.6 Å². The second-order valence-corrected chi connectivity index (χ2v) is 13.2. The van der Waals surface area contributed by atoms with Gasteiger partial charge in [-0.25, -0.2) is 0 Å². The molecule has 0 spiro atoms. The molecule has 0 bridgehead atoms. The van der Waals surface area contributed by atoms with E-state index in [-0.39, 0.29) is 39.0 Å². The molecule has 6 unspecified atom stereocenters. The number of rotatable bonds is 10. The van der Waals surface area contributed by atoms with E-state index in [2.05, 4.69) is 5.43 Å². The summed E-state index contributed by atoms with van der Waals surface area (Å²) in [6, 6.07) is 23.9. The normalized spacial score (nSPS) is 27.4. The number of hydrogen-bond acceptors (Lipinski definition) is 8. The maximum absolute atomic E-state index is 15.1. The number of allylic oxidation sites excluding steroid dienone is 2. The number of hydrogen-bond donors (Lipinski definition) is 3. The van der Waals surface area contributed by atoms with Crippen molar-refractivity contribution in [2.24, 2.45) is 23.7 Å². The first-order valence-corrected chi connectivity index (χ1v) is 16.5. The smallest absolute Gasteiger partial charge is 0.305 e. The molecule has 1 saturated carbocycles. The summed E-state index contributed by atoms with van der Waals surface area (Å²) >= 11 is 0. The highest BCUT2D eigenvalue weighted by Crippen LogP contribution is 2.64. The zero-order valence-corrected chi connectivity index (χ0v) is 27.0. The molecule has 49 heavy (non-hydrogen) atoms. The number of likely N-dealkylation sites (tertiary alicyclic amines) is 1. The molecule has 11 nitrogen and oxygen atoms in total. The fraction of sp³-hybridized carbons (Fsp3) is 0.342. The van der Waals surface area contributed by atoms with Crippen molar-refractivity contribution in [3.8, 4) is 5.75 Å². The zero-order valence-electron chi connectivity index (χ0n) is 27.0. The topological polar surface area (TPSA) is 154 Å². The van der Waals surface area contributed by atoms with E-state index in [1.165, 1.54) is 0 Å². The lowest BCUT2D eigenvalue weighted by molar-refractivity contribution is -0.143. The number of carbonyl (C=O) groups is 5. The fourth-order valence-corrected chi connectivity index (χ4v) is 8.54. The van der Waals surface area contributed by atoms with Gasteiger partial charge >= 0.3 is 5.97 Å².